The van der Waals surface area contributed by atoms with Gasteiger partial charge in [-0.05, 0) is 24.6 Å². The van der Waals surface area contributed by atoms with Gasteiger partial charge in [-0.1, -0.05) is 0 Å². The Bertz CT molecular complexity index is 550. The van der Waals surface area contributed by atoms with Crippen LogP contribution in [0.2, 0.25) is 0 Å². The molecule has 0 N–H and O–H groups in total. The topological polar surface area (TPSA) is 44.9 Å². The number of nitrogens with zero attached hydrogens (tertiary/aromatic N) is 4. The SMILES string of the molecule is CN(CCCC#N)c1ccc2c(c1)ncn2C. The standard InChI is InChI=1S/C13H16N4/c1-16(8-4-3-7-14)11-5-6-13-12(9-11)15-10-17(13)2/h5-6,9-10H,3-4,8H2,1-2H3. The predicted octanol–water partition coefficient (Wildman–Crippen LogP) is 2.31. The fraction of sp³-hybridized carbons (Fsp3) is 0.385. The summed E-state index contributed by atoms with van der Waals surface area (Å²) in [5.41, 5.74) is 3.30. The third-order valence-electron chi connectivity index (χ3n) is 2.93. The van der Waals surface area contributed by atoms with Gasteiger partial charge in [-0.2, -0.15) is 5.26 Å². The van der Waals surface area contributed by atoms with Crippen molar-refractivity contribution >= 4 is 16.7 Å². The number of imidazole rings is 1. The van der Waals surface area contributed by atoms with Gasteiger partial charge in [0.15, 0.2) is 0 Å². The summed E-state index contributed by atoms with van der Waals surface area (Å²) in [5.74, 6) is 0. The molecule has 0 bridgehead atoms. The van der Waals surface area contributed by atoms with E-state index < -0.39 is 0 Å². The van der Waals surface area contributed by atoms with E-state index in [0.29, 0.717) is 6.42 Å². The van der Waals surface area contributed by atoms with Gasteiger partial charge in [0.25, 0.3) is 0 Å². The van der Waals surface area contributed by atoms with E-state index in [-0.39, 0.29) is 0 Å². The van der Waals surface area contributed by atoms with Gasteiger partial charge in [0.2, 0.25) is 0 Å². The lowest BCUT2D eigenvalue weighted by molar-refractivity contribution is 0.807. The lowest BCUT2D eigenvalue weighted by atomic mass is 10.2. The number of unbranched alkanes of at least 4 members (excludes halogenated alkanes) is 1. The molecule has 2 aromatic rings. The van der Waals surface area contributed by atoms with Crippen LogP contribution in [0.4, 0.5) is 5.69 Å². The maximum atomic E-state index is 8.51. The minimum absolute atomic E-state index is 0.607. The van der Waals surface area contributed by atoms with E-state index >= 15 is 0 Å². The zero-order chi connectivity index (χ0) is 12.3. The molecule has 0 aliphatic heterocycles. The molecule has 17 heavy (non-hydrogen) atoms. The lowest BCUT2D eigenvalue weighted by Crippen LogP contribution is -2.18. The first-order valence-corrected chi connectivity index (χ1v) is 5.71. The molecule has 1 heterocycles. The van der Waals surface area contributed by atoms with Gasteiger partial charge in [-0.15, -0.1) is 0 Å². The van der Waals surface area contributed by atoms with E-state index in [9.17, 15) is 0 Å². The van der Waals surface area contributed by atoms with E-state index in [0.717, 1.165) is 29.7 Å². The second-order valence-corrected chi connectivity index (χ2v) is 4.21. The van der Waals surface area contributed by atoms with Crippen molar-refractivity contribution in [3.8, 4) is 6.07 Å². The summed E-state index contributed by atoms with van der Waals surface area (Å²) in [6.07, 6.45) is 3.33. The molecule has 1 aromatic carbocycles. The van der Waals surface area contributed by atoms with Crippen LogP contribution in [0.5, 0.6) is 0 Å². The quantitative estimate of drug-likeness (QED) is 0.754. The Morgan fingerprint density at radius 2 is 2.29 bits per heavy atom. The second kappa shape index (κ2) is 4.88. The van der Waals surface area contributed by atoms with Gasteiger partial charge in [-0.25, -0.2) is 4.98 Å². The Morgan fingerprint density at radius 3 is 3.06 bits per heavy atom. The Balaban J connectivity index is 2.16. The van der Waals surface area contributed by atoms with Crippen molar-refractivity contribution in [2.45, 2.75) is 12.8 Å². The van der Waals surface area contributed by atoms with Crippen LogP contribution in [0.25, 0.3) is 11.0 Å². The Hall–Kier alpha value is -2.02. The van der Waals surface area contributed by atoms with Crippen LogP contribution in [0.1, 0.15) is 12.8 Å². The van der Waals surface area contributed by atoms with Crippen LogP contribution in [-0.2, 0) is 7.05 Å². The minimum Gasteiger partial charge on any atom is -0.374 e. The molecule has 0 saturated heterocycles. The van der Waals surface area contributed by atoms with Crippen LogP contribution < -0.4 is 4.90 Å². The number of fused-ring (bicyclic) bond motifs is 1. The zero-order valence-electron chi connectivity index (χ0n) is 10.2. The molecule has 4 heteroatoms. The van der Waals surface area contributed by atoms with Crippen molar-refractivity contribution in [3.05, 3.63) is 24.5 Å². The molecule has 0 fully saturated rings. The number of anilines is 1. The van der Waals surface area contributed by atoms with Crippen LogP contribution in [0.3, 0.4) is 0 Å². The first-order chi connectivity index (χ1) is 8.22. The highest BCUT2D eigenvalue weighted by atomic mass is 15.1. The molecular weight excluding hydrogens is 212 g/mol. The second-order valence-electron chi connectivity index (χ2n) is 4.21. The first-order valence-electron chi connectivity index (χ1n) is 5.71. The summed E-state index contributed by atoms with van der Waals surface area (Å²) >= 11 is 0. The van der Waals surface area contributed by atoms with Crippen molar-refractivity contribution in [1.82, 2.24) is 9.55 Å². The van der Waals surface area contributed by atoms with E-state index in [1.165, 1.54) is 0 Å². The highest BCUT2D eigenvalue weighted by Crippen LogP contribution is 2.20. The van der Waals surface area contributed by atoms with Crippen molar-refractivity contribution in [2.24, 2.45) is 7.05 Å². The van der Waals surface area contributed by atoms with Gasteiger partial charge in [0.05, 0.1) is 23.4 Å². The number of hydrogen-bond donors (Lipinski definition) is 0. The normalized spacial score (nSPS) is 10.4. The van der Waals surface area contributed by atoms with E-state index in [4.69, 9.17) is 5.26 Å². The first kappa shape index (κ1) is 11.5. The Morgan fingerprint density at radius 1 is 1.47 bits per heavy atom. The molecule has 2 rings (SSSR count). The number of aryl methyl sites for hydroxylation is 1. The number of aromatic nitrogens is 2. The Kier molecular flexibility index (Phi) is 3.29. The molecule has 1 aromatic heterocycles. The van der Waals surface area contributed by atoms with Crippen LogP contribution in [0.15, 0.2) is 24.5 Å². The molecule has 0 spiro atoms. The number of benzene rings is 1. The van der Waals surface area contributed by atoms with Gasteiger partial charge < -0.3 is 9.47 Å². The Labute approximate surface area is 101 Å². The van der Waals surface area contributed by atoms with Crippen LogP contribution in [0, 0.1) is 11.3 Å². The molecule has 0 atom stereocenters. The van der Waals surface area contributed by atoms with Gasteiger partial charge in [0.1, 0.15) is 0 Å². The summed E-state index contributed by atoms with van der Waals surface area (Å²) in [6, 6.07) is 8.43. The van der Waals surface area contributed by atoms with Crippen molar-refractivity contribution in [3.63, 3.8) is 0 Å². The van der Waals surface area contributed by atoms with Crippen molar-refractivity contribution in [1.29, 1.82) is 5.26 Å². The van der Waals surface area contributed by atoms with Crippen molar-refractivity contribution in [2.75, 3.05) is 18.5 Å². The summed E-state index contributed by atoms with van der Waals surface area (Å²) in [4.78, 5) is 6.50. The minimum atomic E-state index is 0.607. The molecule has 4 nitrogen and oxygen atoms in total. The predicted molar refractivity (Wildman–Crippen MR) is 68.8 cm³/mol. The van der Waals surface area contributed by atoms with Gasteiger partial charge >= 0.3 is 0 Å². The molecule has 0 unspecified atom stereocenters. The molecule has 0 amide bonds. The zero-order valence-corrected chi connectivity index (χ0v) is 10.2. The van der Waals surface area contributed by atoms with E-state index in [1.54, 1.807) is 0 Å². The third-order valence-corrected chi connectivity index (χ3v) is 2.93. The van der Waals surface area contributed by atoms with Gasteiger partial charge in [-0.3, -0.25) is 0 Å². The highest BCUT2D eigenvalue weighted by Gasteiger charge is 2.04. The number of nitriles is 1. The fourth-order valence-corrected chi connectivity index (χ4v) is 1.89. The third kappa shape index (κ3) is 2.39. The van der Waals surface area contributed by atoms with Crippen LogP contribution >= 0.6 is 0 Å². The molecule has 0 aliphatic rings. The number of hydrogen-bond acceptors (Lipinski definition) is 3. The van der Waals surface area contributed by atoms with E-state index in [2.05, 4.69) is 34.2 Å². The summed E-state index contributed by atoms with van der Waals surface area (Å²) in [5, 5.41) is 8.51. The van der Waals surface area contributed by atoms with Crippen LogP contribution in [-0.4, -0.2) is 23.1 Å². The van der Waals surface area contributed by atoms with Crippen molar-refractivity contribution < 1.29 is 0 Å². The maximum Gasteiger partial charge on any atom is 0.0955 e. The van der Waals surface area contributed by atoms with E-state index in [1.807, 2.05) is 25.0 Å². The average Bonchev–Trinajstić information content (AvgIpc) is 2.71. The summed E-state index contributed by atoms with van der Waals surface area (Å²) in [6.45, 7) is 0.895. The largest absolute Gasteiger partial charge is 0.374 e. The lowest BCUT2D eigenvalue weighted by Gasteiger charge is -2.18. The molecular formula is C13H16N4. The molecule has 88 valence electrons. The fourth-order valence-electron chi connectivity index (χ4n) is 1.89. The monoisotopic (exact) mass is 228 g/mol. The maximum absolute atomic E-state index is 8.51. The smallest absolute Gasteiger partial charge is 0.0955 e. The number of rotatable bonds is 4. The van der Waals surface area contributed by atoms with Gasteiger partial charge in [0, 0.05) is 32.7 Å². The molecule has 0 saturated carbocycles. The highest BCUT2D eigenvalue weighted by molar-refractivity contribution is 5.79. The summed E-state index contributed by atoms with van der Waals surface area (Å²) in [7, 11) is 4.03. The summed E-state index contributed by atoms with van der Waals surface area (Å²) < 4.78 is 2.01. The average molecular weight is 228 g/mol. The molecule has 0 aliphatic carbocycles. The molecule has 0 radical (unpaired) electrons.